The minimum absolute atomic E-state index is 0.0581. The fourth-order valence-electron chi connectivity index (χ4n) is 4.39. The van der Waals surface area contributed by atoms with Crippen molar-refractivity contribution in [2.24, 2.45) is 5.92 Å². The van der Waals surface area contributed by atoms with E-state index >= 15 is 0 Å². The number of rotatable bonds is 7. The lowest BCUT2D eigenvalue weighted by atomic mass is 9.76. The van der Waals surface area contributed by atoms with Gasteiger partial charge in [-0.15, -0.1) is 0 Å². The number of nitriles is 1. The van der Waals surface area contributed by atoms with Crippen molar-refractivity contribution in [3.63, 3.8) is 0 Å². The molecule has 36 heavy (non-hydrogen) atoms. The van der Waals surface area contributed by atoms with Gasteiger partial charge in [-0.2, -0.15) is 15.3 Å². The van der Waals surface area contributed by atoms with Crippen LogP contribution < -0.4 is 5.73 Å². The molecule has 0 spiro atoms. The van der Waals surface area contributed by atoms with Gasteiger partial charge >= 0.3 is 0 Å². The Hall–Kier alpha value is -4.52. The highest BCUT2D eigenvalue weighted by atomic mass is 16.5. The number of carbonyl (C=O) groups is 1. The Morgan fingerprint density at radius 1 is 1.19 bits per heavy atom. The average molecular weight is 483 g/mol. The van der Waals surface area contributed by atoms with Crippen molar-refractivity contribution in [1.82, 2.24) is 29.8 Å². The summed E-state index contributed by atoms with van der Waals surface area (Å²) in [5.41, 5.74) is 8.94. The molecular weight excluding hydrogens is 456 g/mol. The Morgan fingerprint density at radius 3 is 2.61 bits per heavy atom. The first-order valence-corrected chi connectivity index (χ1v) is 11.6. The third kappa shape index (κ3) is 4.20. The van der Waals surface area contributed by atoms with Gasteiger partial charge in [0.1, 0.15) is 18.4 Å². The fraction of sp³-hybridized carbons (Fsp3) is 0.308. The van der Waals surface area contributed by atoms with Crippen LogP contribution in [0.1, 0.15) is 36.8 Å². The highest BCUT2D eigenvalue weighted by Gasteiger charge is 2.47. The molecule has 1 aliphatic rings. The van der Waals surface area contributed by atoms with E-state index in [0.29, 0.717) is 34.7 Å². The molecule has 0 radical (unpaired) electrons. The summed E-state index contributed by atoms with van der Waals surface area (Å²) in [7, 11) is 3.41. The number of amides is 1. The average Bonchev–Trinajstić information content (AvgIpc) is 3.43. The van der Waals surface area contributed by atoms with Crippen LogP contribution in [0.2, 0.25) is 0 Å². The number of hydrogen-bond acceptors (Lipinski definition) is 8. The summed E-state index contributed by atoms with van der Waals surface area (Å²) < 4.78 is 7.19. The maximum Gasteiger partial charge on any atom is 0.261 e. The molecule has 10 nitrogen and oxygen atoms in total. The first-order chi connectivity index (χ1) is 17.3. The number of nitrogen functional groups attached to an aromatic ring is 1. The van der Waals surface area contributed by atoms with Crippen LogP contribution in [-0.2, 0) is 16.8 Å². The molecule has 1 aromatic carbocycles. The van der Waals surface area contributed by atoms with Gasteiger partial charge in [0.15, 0.2) is 11.5 Å². The van der Waals surface area contributed by atoms with Gasteiger partial charge in [0.25, 0.3) is 5.89 Å². The molecule has 5 rings (SSSR count). The van der Waals surface area contributed by atoms with Crippen molar-refractivity contribution in [2.75, 3.05) is 19.8 Å². The summed E-state index contributed by atoms with van der Waals surface area (Å²) in [6.45, 7) is 2.27. The Morgan fingerprint density at radius 2 is 1.94 bits per heavy atom. The van der Waals surface area contributed by atoms with Crippen LogP contribution in [0.4, 0.5) is 5.82 Å². The molecule has 182 valence electrons. The second-order valence-electron chi connectivity index (χ2n) is 9.44. The van der Waals surface area contributed by atoms with Crippen LogP contribution in [0.5, 0.6) is 0 Å². The van der Waals surface area contributed by atoms with Crippen LogP contribution in [0.15, 0.2) is 53.3 Å². The molecule has 10 heteroatoms. The Balaban J connectivity index is 1.43. The number of aromatic nitrogens is 5. The lowest BCUT2D eigenvalue weighted by molar-refractivity contribution is -0.129. The monoisotopic (exact) mass is 482 g/mol. The molecule has 1 atom stereocenters. The van der Waals surface area contributed by atoms with E-state index in [1.165, 1.54) is 4.90 Å². The van der Waals surface area contributed by atoms with E-state index in [1.807, 2.05) is 30.3 Å². The fourth-order valence-corrected chi connectivity index (χ4v) is 4.39. The highest BCUT2D eigenvalue weighted by molar-refractivity contribution is 5.75. The van der Waals surface area contributed by atoms with E-state index in [2.05, 4.69) is 28.2 Å². The standard InChI is InChI=1S/C26H26N8O2/c1-26(19-8-9-19,18-6-4-16(5-7-18)20-10-11-22(28)30-21(20)12-27)25-31-24(36-32-25)17-13-29-34(14-17)15-23(35)33(2)3/h4-7,10-11,13-14,19H,8-9,15H2,1-3H3,(H2,28,30). The predicted molar refractivity (Wildman–Crippen MR) is 132 cm³/mol. The largest absolute Gasteiger partial charge is 0.384 e. The Labute approximate surface area is 208 Å². The molecule has 1 unspecified atom stereocenters. The van der Waals surface area contributed by atoms with Crippen molar-refractivity contribution in [2.45, 2.75) is 31.7 Å². The molecule has 1 amide bonds. The van der Waals surface area contributed by atoms with Gasteiger partial charge in [-0.05, 0) is 48.9 Å². The van der Waals surface area contributed by atoms with Gasteiger partial charge < -0.3 is 15.2 Å². The van der Waals surface area contributed by atoms with Gasteiger partial charge in [-0.1, -0.05) is 29.4 Å². The van der Waals surface area contributed by atoms with Gasteiger partial charge in [-0.3, -0.25) is 9.48 Å². The third-order valence-electron chi connectivity index (χ3n) is 6.78. The number of nitrogens with zero attached hydrogens (tertiary/aromatic N) is 7. The second-order valence-corrected chi connectivity index (χ2v) is 9.44. The number of hydrogen-bond donors (Lipinski definition) is 1. The maximum atomic E-state index is 12.0. The van der Waals surface area contributed by atoms with E-state index in [0.717, 1.165) is 29.5 Å². The summed E-state index contributed by atoms with van der Waals surface area (Å²) in [5.74, 6) is 1.62. The predicted octanol–water partition coefficient (Wildman–Crippen LogP) is 3.25. The van der Waals surface area contributed by atoms with Gasteiger partial charge in [-0.25, -0.2) is 4.98 Å². The summed E-state index contributed by atoms with van der Waals surface area (Å²) in [6.07, 6.45) is 5.51. The van der Waals surface area contributed by atoms with Crippen LogP contribution in [0, 0.1) is 17.2 Å². The van der Waals surface area contributed by atoms with Crippen LogP contribution >= 0.6 is 0 Å². The van der Waals surface area contributed by atoms with E-state index in [9.17, 15) is 10.1 Å². The minimum Gasteiger partial charge on any atom is -0.384 e. The quantitative estimate of drug-likeness (QED) is 0.423. The highest BCUT2D eigenvalue weighted by Crippen LogP contribution is 2.50. The smallest absolute Gasteiger partial charge is 0.261 e. The number of benzene rings is 1. The molecule has 1 saturated carbocycles. The first kappa shape index (κ1) is 23.2. The summed E-state index contributed by atoms with van der Waals surface area (Å²) >= 11 is 0. The number of likely N-dealkylation sites (N-methyl/N-ethyl adjacent to an activating group) is 1. The van der Waals surface area contributed by atoms with E-state index in [1.54, 1.807) is 37.2 Å². The van der Waals surface area contributed by atoms with Crippen molar-refractivity contribution >= 4 is 11.7 Å². The number of anilines is 1. The lowest BCUT2D eigenvalue weighted by Crippen LogP contribution is -2.28. The topological polar surface area (TPSA) is 140 Å². The number of nitrogens with two attached hydrogens (primary N) is 1. The van der Waals surface area contributed by atoms with E-state index in [4.69, 9.17) is 15.2 Å². The van der Waals surface area contributed by atoms with Crippen molar-refractivity contribution < 1.29 is 9.32 Å². The van der Waals surface area contributed by atoms with Crippen molar-refractivity contribution in [1.29, 1.82) is 5.26 Å². The Kier molecular flexibility index (Phi) is 5.76. The molecular formula is C26H26N8O2. The van der Waals surface area contributed by atoms with E-state index < -0.39 is 5.41 Å². The lowest BCUT2D eigenvalue weighted by Gasteiger charge is -2.27. The zero-order chi connectivity index (χ0) is 25.4. The van der Waals surface area contributed by atoms with Crippen LogP contribution in [-0.4, -0.2) is 49.8 Å². The summed E-state index contributed by atoms with van der Waals surface area (Å²) in [4.78, 5) is 22.4. The first-order valence-electron chi connectivity index (χ1n) is 11.6. The summed E-state index contributed by atoms with van der Waals surface area (Å²) in [6, 6.07) is 13.7. The number of pyridine rings is 1. The molecule has 4 aromatic rings. The maximum absolute atomic E-state index is 12.0. The molecule has 0 aliphatic heterocycles. The summed E-state index contributed by atoms with van der Waals surface area (Å²) in [5, 5.41) is 18.1. The molecule has 2 N–H and O–H groups in total. The van der Waals surface area contributed by atoms with Gasteiger partial charge in [0.2, 0.25) is 5.91 Å². The normalized spacial score (nSPS) is 14.7. The van der Waals surface area contributed by atoms with Crippen LogP contribution in [0.25, 0.3) is 22.6 Å². The molecule has 3 heterocycles. The minimum atomic E-state index is -0.436. The SMILES string of the molecule is CN(C)C(=O)Cn1cc(-c2nc(C(C)(c3ccc(-c4ccc(N)nc4C#N)cc3)C3CC3)no2)cn1. The Bertz CT molecular complexity index is 1460. The van der Waals surface area contributed by atoms with Crippen LogP contribution in [0.3, 0.4) is 0 Å². The molecule has 1 aliphatic carbocycles. The molecule has 1 fully saturated rings. The van der Waals surface area contributed by atoms with Gasteiger partial charge in [0.05, 0.1) is 17.2 Å². The van der Waals surface area contributed by atoms with Crippen molar-refractivity contribution in [3.8, 4) is 28.7 Å². The molecule has 0 bridgehead atoms. The number of carbonyl (C=O) groups excluding carboxylic acids is 1. The molecule has 0 saturated heterocycles. The molecule has 3 aromatic heterocycles. The third-order valence-corrected chi connectivity index (χ3v) is 6.78. The van der Waals surface area contributed by atoms with Gasteiger partial charge in [0, 0.05) is 25.9 Å². The second kappa shape index (κ2) is 8.92. The van der Waals surface area contributed by atoms with E-state index in [-0.39, 0.29) is 12.5 Å². The van der Waals surface area contributed by atoms with Crippen molar-refractivity contribution in [3.05, 3.63) is 65.9 Å². The zero-order valence-corrected chi connectivity index (χ0v) is 20.3. The zero-order valence-electron chi connectivity index (χ0n) is 20.3.